The Kier molecular flexibility index (Phi) is 5.01. The lowest BCUT2D eigenvalue weighted by Crippen LogP contribution is -2.44. The van der Waals surface area contributed by atoms with E-state index in [1.54, 1.807) is 0 Å². The number of hydrogen-bond acceptors (Lipinski definition) is 3. The molecular formula is C14H25NO3. The molecule has 2 rings (SSSR count). The van der Waals surface area contributed by atoms with Gasteiger partial charge in [-0.1, -0.05) is 0 Å². The first-order valence-corrected chi connectivity index (χ1v) is 7.20. The molecule has 0 bridgehead atoms. The summed E-state index contributed by atoms with van der Waals surface area (Å²) in [5.74, 6) is 0.637. The number of carboxylic acids is 1. The highest BCUT2D eigenvalue weighted by molar-refractivity contribution is 5.69. The van der Waals surface area contributed by atoms with Gasteiger partial charge in [-0.3, -0.25) is 4.79 Å². The molecule has 1 atom stereocenters. The standard InChI is InChI=1S/C14H25NO3/c1-15-13(11-6-8-18-9-7-11)10-2-4-12(5-3-10)14(16)17/h10-13,15H,2-9H2,1H3,(H,16,17). The summed E-state index contributed by atoms with van der Waals surface area (Å²) in [6.07, 6.45) is 6.09. The molecule has 1 saturated heterocycles. The minimum atomic E-state index is -0.611. The van der Waals surface area contributed by atoms with E-state index in [2.05, 4.69) is 5.32 Å². The molecule has 1 aliphatic carbocycles. The Morgan fingerprint density at radius 1 is 1.11 bits per heavy atom. The maximum Gasteiger partial charge on any atom is 0.306 e. The predicted molar refractivity (Wildman–Crippen MR) is 69.5 cm³/mol. The molecule has 18 heavy (non-hydrogen) atoms. The van der Waals surface area contributed by atoms with Crippen LogP contribution in [-0.4, -0.2) is 37.4 Å². The van der Waals surface area contributed by atoms with Crippen molar-refractivity contribution < 1.29 is 14.6 Å². The van der Waals surface area contributed by atoms with Gasteiger partial charge in [0, 0.05) is 19.3 Å². The molecule has 2 fully saturated rings. The van der Waals surface area contributed by atoms with E-state index in [1.807, 2.05) is 7.05 Å². The lowest BCUT2D eigenvalue weighted by Gasteiger charge is -2.38. The summed E-state index contributed by atoms with van der Waals surface area (Å²) in [5.41, 5.74) is 0. The van der Waals surface area contributed by atoms with Crippen LogP contribution in [0.25, 0.3) is 0 Å². The molecule has 0 radical (unpaired) electrons. The highest BCUT2D eigenvalue weighted by Gasteiger charge is 2.34. The van der Waals surface area contributed by atoms with Crippen LogP contribution < -0.4 is 5.32 Å². The molecule has 1 aliphatic heterocycles. The number of hydrogen-bond donors (Lipinski definition) is 2. The van der Waals surface area contributed by atoms with E-state index in [0.717, 1.165) is 51.7 Å². The van der Waals surface area contributed by atoms with Crippen molar-refractivity contribution in [3.8, 4) is 0 Å². The van der Waals surface area contributed by atoms with Gasteiger partial charge in [0.15, 0.2) is 0 Å². The molecule has 4 nitrogen and oxygen atoms in total. The number of aliphatic carboxylic acids is 1. The SMILES string of the molecule is CNC(C1CCOCC1)C1CCC(C(=O)O)CC1. The average molecular weight is 255 g/mol. The summed E-state index contributed by atoms with van der Waals surface area (Å²) in [6.45, 7) is 1.76. The zero-order chi connectivity index (χ0) is 13.0. The lowest BCUT2D eigenvalue weighted by atomic mass is 9.73. The zero-order valence-electron chi connectivity index (χ0n) is 11.2. The topological polar surface area (TPSA) is 58.6 Å². The van der Waals surface area contributed by atoms with E-state index in [1.165, 1.54) is 0 Å². The number of carbonyl (C=O) groups is 1. The van der Waals surface area contributed by atoms with E-state index < -0.39 is 5.97 Å². The van der Waals surface area contributed by atoms with Crippen LogP contribution in [0.15, 0.2) is 0 Å². The highest BCUT2D eigenvalue weighted by atomic mass is 16.5. The molecule has 0 aromatic rings. The van der Waals surface area contributed by atoms with Gasteiger partial charge < -0.3 is 15.2 Å². The highest BCUT2D eigenvalue weighted by Crippen LogP contribution is 2.35. The molecule has 1 saturated carbocycles. The van der Waals surface area contributed by atoms with E-state index in [9.17, 15) is 4.79 Å². The van der Waals surface area contributed by atoms with Crippen LogP contribution in [-0.2, 0) is 9.53 Å². The van der Waals surface area contributed by atoms with Crippen LogP contribution in [0.2, 0.25) is 0 Å². The van der Waals surface area contributed by atoms with Crippen LogP contribution >= 0.6 is 0 Å². The zero-order valence-corrected chi connectivity index (χ0v) is 11.2. The molecule has 4 heteroatoms. The molecule has 1 heterocycles. The average Bonchev–Trinajstić information content (AvgIpc) is 2.41. The van der Waals surface area contributed by atoms with Gasteiger partial charge in [0.1, 0.15) is 0 Å². The fourth-order valence-corrected chi connectivity index (χ4v) is 3.66. The summed E-state index contributed by atoms with van der Waals surface area (Å²) >= 11 is 0. The lowest BCUT2D eigenvalue weighted by molar-refractivity contribution is -0.143. The monoisotopic (exact) mass is 255 g/mol. The predicted octanol–water partition coefficient (Wildman–Crippen LogP) is 1.89. The van der Waals surface area contributed by atoms with Crippen LogP contribution in [0.4, 0.5) is 0 Å². The molecule has 0 aromatic carbocycles. The van der Waals surface area contributed by atoms with Gasteiger partial charge in [-0.15, -0.1) is 0 Å². The number of ether oxygens (including phenoxy) is 1. The molecule has 2 N–H and O–H groups in total. The first kappa shape index (κ1) is 13.8. The number of carboxylic acid groups (broad SMARTS) is 1. The summed E-state index contributed by atoms with van der Waals surface area (Å²) in [4.78, 5) is 11.0. The molecule has 0 aromatic heterocycles. The van der Waals surface area contributed by atoms with Gasteiger partial charge in [-0.25, -0.2) is 0 Å². The van der Waals surface area contributed by atoms with Crippen LogP contribution in [0.1, 0.15) is 38.5 Å². The van der Waals surface area contributed by atoms with E-state index in [0.29, 0.717) is 17.9 Å². The van der Waals surface area contributed by atoms with Crippen LogP contribution in [0.3, 0.4) is 0 Å². The molecule has 1 unspecified atom stereocenters. The Morgan fingerprint density at radius 2 is 1.67 bits per heavy atom. The maximum atomic E-state index is 11.0. The minimum absolute atomic E-state index is 0.103. The Morgan fingerprint density at radius 3 is 2.17 bits per heavy atom. The molecular weight excluding hydrogens is 230 g/mol. The Hall–Kier alpha value is -0.610. The first-order chi connectivity index (χ1) is 8.72. The van der Waals surface area contributed by atoms with Gasteiger partial charge in [0.2, 0.25) is 0 Å². The number of rotatable bonds is 4. The van der Waals surface area contributed by atoms with Crippen molar-refractivity contribution in [1.29, 1.82) is 0 Å². The first-order valence-electron chi connectivity index (χ1n) is 7.20. The number of nitrogens with one attached hydrogen (secondary N) is 1. The van der Waals surface area contributed by atoms with Gasteiger partial charge in [-0.2, -0.15) is 0 Å². The molecule has 0 spiro atoms. The summed E-state index contributed by atoms with van der Waals surface area (Å²) in [5, 5.41) is 12.5. The van der Waals surface area contributed by atoms with E-state index in [-0.39, 0.29) is 5.92 Å². The fraction of sp³-hybridized carbons (Fsp3) is 0.929. The Balaban J connectivity index is 1.87. The van der Waals surface area contributed by atoms with Crippen LogP contribution in [0, 0.1) is 17.8 Å². The molecule has 104 valence electrons. The third-order valence-electron chi connectivity index (χ3n) is 4.74. The van der Waals surface area contributed by atoms with Crippen molar-refractivity contribution in [2.45, 2.75) is 44.6 Å². The molecule has 0 amide bonds. The van der Waals surface area contributed by atoms with Gasteiger partial charge in [0.25, 0.3) is 0 Å². The minimum Gasteiger partial charge on any atom is -0.481 e. The maximum absolute atomic E-state index is 11.0. The second-order valence-corrected chi connectivity index (χ2v) is 5.71. The van der Waals surface area contributed by atoms with Gasteiger partial charge in [0.05, 0.1) is 5.92 Å². The normalized spacial score (nSPS) is 32.1. The summed E-state index contributed by atoms with van der Waals surface area (Å²) in [6, 6.07) is 0.545. The van der Waals surface area contributed by atoms with E-state index in [4.69, 9.17) is 9.84 Å². The summed E-state index contributed by atoms with van der Waals surface area (Å²) < 4.78 is 5.42. The van der Waals surface area contributed by atoms with Crippen molar-refractivity contribution in [2.75, 3.05) is 20.3 Å². The van der Waals surface area contributed by atoms with Crippen molar-refractivity contribution in [3.05, 3.63) is 0 Å². The fourth-order valence-electron chi connectivity index (χ4n) is 3.66. The molecule has 2 aliphatic rings. The van der Waals surface area contributed by atoms with Gasteiger partial charge in [-0.05, 0) is 57.4 Å². The second kappa shape index (κ2) is 6.53. The largest absolute Gasteiger partial charge is 0.481 e. The van der Waals surface area contributed by atoms with Crippen molar-refractivity contribution in [1.82, 2.24) is 5.32 Å². The third-order valence-corrected chi connectivity index (χ3v) is 4.74. The van der Waals surface area contributed by atoms with Crippen molar-refractivity contribution in [3.63, 3.8) is 0 Å². The van der Waals surface area contributed by atoms with Crippen LogP contribution in [0.5, 0.6) is 0 Å². The van der Waals surface area contributed by atoms with Gasteiger partial charge >= 0.3 is 5.97 Å². The Bertz CT molecular complexity index is 268. The quantitative estimate of drug-likeness (QED) is 0.805. The Labute approximate surface area is 109 Å². The third kappa shape index (κ3) is 3.23. The van der Waals surface area contributed by atoms with Crippen molar-refractivity contribution >= 4 is 5.97 Å². The smallest absolute Gasteiger partial charge is 0.306 e. The van der Waals surface area contributed by atoms with E-state index >= 15 is 0 Å². The van der Waals surface area contributed by atoms with Crippen molar-refractivity contribution in [2.24, 2.45) is 17.8 Å². The summed E-state index contributed by atoms with van der Waals surface area (Å²) in [7, 11) is 2.05. The second-order valence-electron chi connectivity index (χ2n) is 5.71.